The smallest absolute Gasteiger partial charge is 0.245 e. The number of nitrogens with zero attached hydrogens (tertiary/aromatic N) is 2. The number of amidine groups is 1. The summed E-state index contributed by atoms with van der Waals surface area (Å²) < 4.78 is 25.1. The molecular formula is C9H14N4O2S. The fourth-order valence-electron chi connectivity index (χ4n) is 1.07. The molecule has 1 heterocycles. The maximum Gasteiger partial charge on any atom is 0.245 e. The van der Waals surface area contributed by atoms with Crippen LogP contribution in [0.5, 0.6) is 0 Å². The van der Waals surface area contributed by atoms with Crippen molar-refractivity contribution in [3.63, 3.8) is 0 Å². The molecule has 0 aliphatic rings. The summed E-state index contributed by atoms with van der Waals surface area (Å²) in [7, 11) is -2.25. The van der Waals surface area contributed by atoms with E-state index in [2.05, 4.69) is 4.98 Å². The zero-order valence-electron chi connectivity index (χ0n) is 9.08. The number of pyridine rings is 1. The molecule has 1 rings (SSSR count). The molecule has 1 atom stereocenters. The van der Waals surface area contributed by atoms with Crippen molar-refractivity contribution in [3.05, 3.63) is 24.5 Å². The monoisotopic (exact) mass is 242 g/mol. The molecule has 0 saturated heterocycles. The molecule has 0 amide bonds. The summed E-state index contributed by atoms with van der Waals surface area (Å²) in [4.78, 5) is 3.84. The minimum absolute atomic E-state index is 0.0885. The fraction of sp³-hybridized carbons (Fsp3) is 0.333. The summed E-state index contributed by atoms with van der Waals surface area (Å²) in [6.07, 6.45) is 2.76. The molecule has 0 radical (unpaired) electrons. The molecule has 7 heteroatoms. The molecule has 88 valence electrons. The summed E-state index contributed by atoms with van der Waals surface area (Å²) in [5.74, 6) is -0.199. The maximum atomic E-state index is 12.0. The van der Waals surface area contributed by atoms with Crippen molar-refractivity contribution in [1.29, 1.82) is 5.41 Å². The molecule has 0 aliphatic carbocycles. The highest BCUT2D eigenvalue weighted by Crippen LogP contribution is 2.14. The summed E-state index contributed by atoms with van der Waals surface area (Å²) in [5.41, 5.74) is 5.27. The maximum absolute atomic E-state index is 12.0. The third kappa shape index (κ3) is 2.37. The van der Waals surface area contributed by atoms with Gasteiger partial charge in [-0.1, -0.05) is 0 Å². The Kier molecular flexibility index (Phi) is 3.61. The van der Waals surface area contributed by atoms with Gasteiger partial charge in [0.2, 0.25) is 10.0 Å². The van der Waals surface area contributed by atoms with Gasteiger partial charge in [0.05, 0.1) is 6.04 Å². The van der Waals surface area contributed by atoms with E-state index in [1.165, 1.54) is 25.5 Å². The predicted octanol–water partition coefficient (Wildman–Crippen LogP) is 0.0266. The molecule has 1 aromatic heterocycles. The van der Waals surface area contributed by atoms with Gasteiger partial charge in [-0.25, -0.2) is 8.42 Å². The minimum Gasteiger partial charge on any atom is -0.386 e. The van der Waals surface area contributed by atoms with Crippen LogP contribution in [-0.2, 0) is 10.0 Å². The van der Waals surface area contributed by atoms with E-state index in [-0.39, 0.29) is 10.7 Å². The van der Waals surface area contributed by atoms with Crippen LogP contribution in [0.1, 0.15) is 6.92 Å². The number of aromatic nitrogens is 1. The van der Waals surface area contributed by atoms with E-state index in [0.29, 0.717) is 0 Å². The second-order valence-corrected chi connectivity index (χ2v) is 5.34. The number of likely N-dealkylation sites (N-methyl/N-ethyl adjacent to an activating group) is 1. The highest BCUT2D eigenvalue weighted by molar-refractivity contribution is 7.89. The van der Waals surface area contributed by atoms with Crippen molar-refractivity contribution in [2.45, 2.75) is 17.9 Å². The van der Waals surface area contributed by atoms with Gasteiger partial charge in [0.15, 0.2) is 0 Å². The Morgan fingerprint density at radius 2 is 2.25 bits per heavy atom. The van der Waals surface area contributed by atoms with Crippen LogP contribution in [0.15, 0.2) is 29.4 Å². The highest BCUT2D eigenvalue weighted by Gasteiger charge is 2.26. The lowest BCUT2D eigenvalue weighted by molar-refractivity contribution is 0.448. The Morgan fingerprint density at radius 1 is 1.62 bits per heavy atom. The standard InChI is InChI=1S/C9H14N4O2S/c1-7(9(10)11)13(2)16(14,15)8-4-3-5-12-6-8/h3-7H,1-2H3,(H3,10,11). The Bertz CT molecular complexity index is 472. The summed E-state index contributed by atoms with van der Waals surface area (Å²) in [5, 5.41) is 7.23. The zero-order chi connectivity index (χ0) is 12.3. The van der Waals surface area contributed by atoms with Crippen molar-refractivity contribution in [3.8, 4) is 0 Å². The van der Waals surface area contributed by atoms with E-state index >= 15 is 0 Å². The molecule has 1 unspecified atom stereocenters. The third-order valence-electron chi connectivity index (χ3n) is 2.31. The van der Waals surface area contributed by atoms with E-state index in [4.69, 9.17) is 11.1 Å². The van der Waals surface area contributed by atoms with Crippen LogP contribution < -0.4 is 5.73 Å². The normalized spacial score (nSPS) is 13.7. The highest BCUT2D eigenvalue weighted by atomic mass is 32.2. The van der Waals surface area contributed by atoms with Gasteiger partial charge in [0.25, 0.3) is 0 Å². The third-order valence-corrected chi connectivity index (χ3v) is 4.22. The lowest BCUT2D eigenvalue weighted by Crippen LogP contribution is -2.43. The van der Waals surface area contributed by atoms with Gasteiger partial charge in [-0.3, -0.25) is 10.4 Å². The second-order valence-electron chi connectivity index (χ2n) is 3.34. The van der Waals surface area contributed by atoms with Crippen molar-refractivity contribution >= 4 is 15.9 Å². The van der Waals surface area contributed by atoms with E-state index in [0.717, 1.165) is 4.31 Å². The largest absolute Gasteiger partial charge is 0.386 e. The molecule has 0 bridgehead atoms. The number of rotatable bonds is 4. The lowest BCUT2D eigenvalue weighted by Gasteiger charge is -2.22. The van der Waals surface area contributed by atoms with Crippen molar-refractivity contribution in [2.24, 2.45) is 5.73 Å². The van der Waals surface area contributed by atoms with E-state index in [1.54, 1.807) is 13.0 Å². The first kappa shape index (κ1) is 12.6. The molecule has 1 aromatic rings. The second kappa shape index (κ2) is 4.58. The van der Waals surface area contributed by atoms with Gasteiger partial charge >= 0.3 is 0 Å². The summed E-state index contributed by atoms with van der Waals surface area (Å²) in [6, 6.07) is 2.32. The molecule has 0 saturated carbocycles. The van der Waals surface area contributed by atoms with Gasteiger partial charge in [0, 0.05) is 19.4 Å². The van der Waals surface area contributed by atoms with Crippen molar-refractivity contribution in [1.82, 2.24) is 9.29 Å². The predicted molar refractivity (Wildman–Crippen MR) is 60.6 cm³/mol. The fourth-order valence-corrected chi connectivity index (χ4v) is 2.38. The Balaban J connectivity index is 3.09. The van der Waals surface area contributed by atoms with Crippen LogP contribution in [0.25, 0.3) is 0 Å². The molecule has 0 aromatic carbocycles. The number of nitrogens with two attached hydrogens (primary N) is 1. The van der Waals surface area contributed by atoms with Crippen molar-refractivity contribution in [2.75, 3.05) is 7.05 Å². The number of hydrogen-bond acceptors (Lipinski definition) is 4. The van der Waals surface area contributed by atoms with E-state index in [9.17, 15) is 8.42 Å². The van der Waals surface area contributed by atoms with E-state index < -0.39 is 16.1 Å². The van der Waals surface area contributed by atoms with Crippen LogP contribution in [-0.4, -0.2) is 36.6 Å². The first-order valence-corrected chi connectivity index (χ1v) is 6.03. The average molecular weight is 242 g/mol. The van der Waals surface area contributed by atoms with Crippen molar-refractivity contribution < 1.29 is 8.42 Å². The number of nitrogens with one attached hydrogen (secondary N) is 1. The molecule has 3 N–H and O–H groups in total. The van der Waals surface area contributed by atoms with Crippen LogP contribution >= 0.6 is 0 Å². The topological polar surface area (TPSA) is 100 Å². The molecule has 6 nitrogen and oxygen atoms in total. The van der Waals surface area contributed by atoms with Gasteiger partial charge in [-0.05, 0) is 19.1 Å². The molecular weight excluding hydrogens is 228 g/mol. The van der Waals surface area contributed by atoms with Gasteiger partial charge in [-0.15, -0.1) is 0 Å². The minimum atomic E-state index is -3.63. The SMILES string of the molecule is CC(C(=N)N)N(C)S(=O)(=O)c1cccnc1. The van der Waals surface area contributed by atoms with E-state index in [1.807, 2.05) is 0 Å². The summed E-state index contributed by atoms with van der Waals surface area (Å²) >= 11 is 0. The quantitative estimate of drug-likeness (QED) is 0.574. The lowest BCUT2D eigenvalue weighted by atomic mass is 10.3. The van der Waals surface area contributed by atoms with Crippen LogP contribution in [0.3, 0.4) is 0 Å². The molecule has 16 heavy (non-hydrogen) atoms. The van der Waals surface area contributed by atoms with Crippen LogP contribution in [0.4, 0.5) is 0 Å². The van der Waals surface area contributed by atoms with Gasteiger partial charge < -0.3 is 5.73 Å². The Labute approximate surface area is 94.7 Å². The number of sulfonamides is 1. The first-order chi connectivity index (χ1) is 7.37. The molecule has 0 fully saturated rings. The Morgan fingerprint density at radius 3 is 2.69 bits per heavy atom. The zero-order valence-corrected chi connectivity index (χ0v) is 9.90. The van der Waals surface area contributed by atoms with Crippen LogP contribution in [0, 0.1) is 5.41 Å². The summed E-state index contributed by atoms with van der Waals surface area (Å²) in [6.45, 7) is 1.55. The van der Waals surface area contributed by atoms with Crippen LogP contribution in [0.2, 0.25) is 0 Å². The number of hydrogen-bond donors (Lipinski definition) is 2. The van der Waals surface area contributed by atoms with Gasteiger partial charge in [0.1, 0.15) is 10.7 Å². The molecule has 0 aliphatic heterocycles. The average Bonchev–Trinajstić information content (AvgIpc) is 2.28. The first-order valence-electron chi connectivity index (χ1n) is 4.59. The Hall–Kier alpha value is -1.47. The molecule has 0 spiro atoms. The van der Waals surface area contributed by atoms with Gasteiger partial charge in [-0.2, -0.15) is 4.31 Å².